The second-order valence-corrected chi connectivity index (χ2v) is 7.12. The number of alkyl halides is 3. The van der Waals surface area contributed by atoms with E-state index in [1.54, 1.807) is 31.2 Å². The molecule has 1 unspecified atom stereocenters. The second-order valence-electron chi connectivity index (χ2n) is 7.12. The van der Waals surface area contributed by atoms with Gasteiger partial charge in [-0.25, -0.2) is 9.97 Å². The van der Waals surface area contributed by atoms with Gasteiger partial charge in [-0.3, -0.25) is 4.79 Å². The number of nitrogens with zero attached hydrogens (tertiary/aromatic N) is 3. The van der Waals surface area contributed by atoms with E-state index in [1.165, 1.54) is 12.3 Å². The summed E-state index contributed by atoms with van der Waals surface area (Å²) in [5, 5.41) is 18.9. The fourth-order valence-corrected chi connectivity index (χ4v) is 3.18. The summed E-state index contributed by atoms with van der Waals surface area (Å²) in [6.45, 7) is 1.63. The number of nitriles is 1. The molecule has 10 heteroatoms. The molecule has 7 nitrogen and oxygen atoms in total. The zero-order valence-electron chi connectivity index (χ0n) is 16.8. The molecule has 3 aromatic rings. The van der Waals surface area contributed by atoms with Crippen LogP contribution in [0.15, 0.2) is 48.7 Å². The molecular formula is C22H18F3N5O2. The number of carbonyl (C=O) groups excluding carboxylic acids is 1. The third-order valence-corrected chi connectivity index (χ3v) is 5.01. The van der Waals surface area contributed by atoms with Crippen LogP contribution < -0.4 is 11.5 Å². The van der Waals surface area contributed by atoms with Gasteiger partial charge in [0, 0.05) is 16.7 Å². The van der Waals surface area contributed by atoms with E-state index in [9.17, 15) is 23.1 Å². The summed E-state index contributed by atoms with van der Waals surface area (Å²) in [4.78, 5) is 20.1. The first-order valence-corrected chi connectivity index (χ1v) is 9.28. The first kappa shape index (κ1) is 22.7. The lowest BCUT2D eigenvalue weighted by Gasteiger charge is -2.28. The number of carbonyl (C=O) groups is 1. The van der Waals surface area contributed by atoms with Crippen molar-refractivity contribution in [3.63, 3.8) is 0 Å². The van der Waals surface area contributed by atoms with Crippen molar-refractivity contribution in [2.45, 2.75) is 25.1 Å². The third-order valence-electron chi connectivity index (χ3n) is 5.01. The van der Waals surface area contributed by atoms with E-state index in [0.717, 1.165) is 17.7 Å². The zero-order chi connectivity index (χ0) is 23.7. The molecule has 5 N–H and O–H groups in total. The van der Waals surface area contributed by atoms with Gasteiger partial charge >= 0.3 is 6.18 Å². The molecular weight excluding hydrogens is 423 g/mol. The number of halogens is 3. The molecule has 0 aliphatic rings. The van der Waals surface area contributed by atoms with Gasteiger partial charge in [-0.2, -0.15) is 18.4 Å². The molecule has 0 saturated heterocycles. The molecule has 3 rings (SSSR count). The number of hydrogen-bond acceptors (Lipinski definition) is 6. The molecule has 0 aliphatic heterocycles. The van der Waals surface area contributed by atoms with E-state index in [-0.39, 0.29) is 29.2 Å². The van der Waals surface area contributed by atoms with Crippen LogP contribution in [0.2, 0.25) is 0 Å². The number of aryl methyl sites for hydroxylation is 1. The van der Waals surface area contributed by atoms with Crippen molar-refractivity contribution in [2.75, 3.05) is 5.73 Å². The van der Waals surface area contributed by atoms with Gasteiger partial charge in [0.05, 0.1) is 24.4 Å². The van der Waals surface area contributed by atoms with Crippen LogP contribution in [0.25, 0.3) is 22.5 Å². The van der Waals surface area contributed by atoms with E-state index in [1.807, 2.05) is 6.07 Å². The maximum absolute atomic E-state index is 13.5. The minimum Gasteiger partial charge on any atom is -0.382 e. The van der Waals surface area contributed by atoms with E-state index < -0.39 is 23.2 Å². The van der Waals surface area contributed by atoms with Crippen molar-refractivity contribution >= 4 is 11.7 Å². The predicted molar refractivity (Wildman–Crippen MR) is 111 cm³/mol. The van der Waals surface area contributed by atoms with Crippen LogP contribution in [0.5, 0.6) is 0 Å². The van der Waals surface area contributed by atoms with Crippen LogP contribution in [0.3, 0.4) is 0 Å². The summed E-state index contributed by atoms with van der Waals surface area (Å²) < 4.78 is 40.5. The molecule has 1 aromatic heterocycles. The van der Waals surface area contributed by atoms with Crippen molar-refractivity contribution in [1.29, 1.82) is 5.26 Å². The van der Waals surface area contributed by atoms with Gasteiger partial charge in [0.2, 0.25) is 0 Å². The average molecular weight is 441 g/mol. The summed E-state index contributed by atoms with van der Waals surface area (Å²) in [5.41, 5.74) is 8.84. The lowest BCUT2D eigenvalue weighted by atomic mass is 9.89. The highest BCUT2D eigenvalue weighted by molar-refractivity contribution is 5.86. The van der Waals surface area contributed by atoms with Crippen molar-refractivity contribution in [3.05, 3.63) is 65.4 Å². The predicted octanol–water partition coefficient (Wildman–Crippen LogP) is 3.00. The Balaban J connectivity index is 2.13. The molecule has 1 heterocycles. The number of nitrogen functional groups attached to an aromatic ring is 1. The van der Waals surface area contributed by atoms with E-state index in [2.05, 4.69) is 9.97 Å². The van der Waals surface area contributed by atoms with E-state index >= 15 is 0 Å². The van der Waals surface area contributed by atoms with Crippen LogP contribution >= 0.6 is 0 Å². The molecule has 164 valence electrons. The maximum atomic E-state index is 13.5. The molecule has 0 spiro atoms. The third kappa shape index (κ3) is 3.98. The van der Waals surface area contributed by atoms with Crippen LogP contribution in [0.4, 0.5) is 19.0 Å². The molecule has 0 aliphatic carbocycles. The van der Waals surface area contributed by atoms with Gasteiger partial charge < -0.3 is 16.6 Å². The van der Waals surface area contributed by atoms with Crippen LogP contribution in [-0.4, -0.2) is 27.2 Å². The van der Waals surface area contributed by atoms with Crippen LogP contribution in [0, 0.1) is 18.3 Å². The van der Waals surface area contributed by atoms with Gasteiger partial charge in [-0.05, 0) is 24.1 Å². The molecule has 0 fully saturated rings. The highest BCUT2D eigenvalue weighted by atomic mass is 19.4. The van der Waals surface area contributed by atoms with Crippen molar-refractivity contribution in [2.24, 2.45) is 5.73 Å². The van der Waals surface area contributed by atoms with Crippen molar-refractivity contribution in [1.82, 2.24) is 9.97 Å². The van der Waals surface area contributed by atoms with Crippen LogP contribution in [0.1, 0.15) is 16.7 Å². The zero-order valence-corrected chi connectivity index (χ0v) is 16.8. The molecule has 2 aromatic carbocycles. The largest absolute Gasteiger partial charge is 0.430 e. The van der Waals surface area contributed by atoms with Crippen molar-refractivity contribution < 1.29 is 23.1 Å². The lowest BCUT2D eigenvalue weighted by Crippen LogP contribution is -2.52. The minimum atomic E-state index is -5.32. The van der Waals surface area contributed by atoms with Crippen LogP contribution in [-0.2, 0) is 16.8 Å². The highest BCUT2D eigenvalue weighted by Gasteiger charge is 2.60. The summed E-state index contributed by atoms with van der Waals surface area (Å²) >= 11 is 0. The quantitative estimate of drug-likeness (QED) is 0.556. The smallest absolute Gasteiger partial charge is 0.382 e. The highest BCUT2D eigenvalue weighted by Crippen LogP contribution is 2.40. The van der Waals surface area contributed by atoms with Gasteiger partial charge in [0.15, 0.2) is 0 Å². The molecule has 32 heavy (non-hydrogen) atoms. The second kappa shape index (κ2) is 8.28. The number of hydrogen-bond donors (Lipinski definition) is 3. The fraction of sp³-hybridized carbons (Fsp3) is 0.182. The van der Waals surface area contributed by atoms with Gasteiger partial charge in [0.1, 0.15) is 11.5 Å². The molecule has 0 radical (unpaired) electrons. The Bertz CT molecular complexity index is 1220. The Kier molecular flexibility index (Phi) is 5.88. The Labute approximate surface area is 181 Å². The summed E-state index contributed by atoms with van der Waals surface area (Å²) in [5.74, 6) is -1.85. The number of aromatic nitrogens is 2. The number of primary amides is 1. The van der Waals surface area contributed by atoms with E-state index in [4.69, 9.17) is 16.7 Å². The first-order valence-electron chi connectivity index (χ1n) is 9.28. The SMILES string of the molecule is Cc1ccc(C(O)(C(N)=O)C(F)(F)F)cc1-c1cnc(N)c(-c2ccc(CC#N)cc2)n1. The Hall–Kier alpha value is -3.97. The maximum Gasteiger partial charge on any atom is 0.430 e. The summed E-state index contributed by atoms with van der Waals surface area (Å²) in [6, 6.07) is 12.2. The number of nitrogens with two attached hydrogens (primary N) is 2. The lowest BCUT2D eigenvalue weighted by molar-refractivity contribution is -0.255. The Morgan fingerprint density at radius 1 is 1.19 bits per heavy atom. The van der Waals surface area contributed by atoms with E-state index in [0.29, 0.717) is 11.1 Å². The first-order chi connectivity index (χ1) is 15.0. The molecule has 0 bridgehead atoms. The normalized spacial score (nSPS) is 13.2. The molecule has 1 amide bonds. The van der Waals surface area contributed by atoms with Gasteiger partial charge in [0.25, 0.3) is 11.5 Å². The number of amides is 1. The molecule has 1 atom stereocenters. The molecule has 0 saturated carbocycles. The number of benzene rings is 2. The fourth-order valence-electron chi connectivity index (χ4n) is 3.18. The number of anilines is 1. The summed E-state index contributed by atoms with van der Waals surface area (Å²) in [7, 11) is 0. The monoisotopic (exact) mass is 441 g/mol. The summed E-state index contributed by atoms with van der Waals surface area (Å²) in [6.07, 6.45) is -3.81. The average Bonchev–Trinajstić information content (AvgIpc) is 2.74. The number of rotatable bonds is 5. The Morgan fingerprint density at radius 2 is 1.84 bits per heavy atom. The van der Waals surface area contributed by atoms with Gasteiger partial charge in [-0.1, -0.05) is 36.4 Å². The minimum absolute atomic E-state index is 0.0968. The number of aliphatic hydroxyl groups is 1. The van der Waals surface area contributed by atoms with Gasteiger partial charge in [-0.15, -0.1) is 0 Å². The van der Waals surface area contributed by atoms with Crippen molar-refractivity contribution in [3.8, 4) is 28.6 Å². The Morgan fingerprint density at radius 3 is 2.41 bits per heavy atom. The standard InChI is InChI=1S/C22H18F3N5O2/c1-12-2-7-15(21(32,20(28)31)22(23,24)25)10-16(12)17-11-29-19(27)18(30-17)14-5-3-13(4-6-14)8-9-26/h2-7,10-11,32H,8H2,1H3,(H2,27,29)(H2,28,31). The topological polar surface area (TPSA) is 139 Å².